The number of halogens is 1. The molecule has 3 N–H and O–H groups in total. The first-order valence-electron chi connectivity index (χ1n) is 13.5. The SMILES string of the molecule is CC(CN(C)C)=Nc1ccc(Cl)c(C(=O)Nc2ccc3c(c2)-c2c(c(C(N)=O)nn2-c2ccc(S(C)(=O)=O)cc2)CC3)c1. The third-order valence-electron chi connectivity index (χ3n) is 7.05. The summed E-state index contributed by atoms with van der Waals surface area (Å²) >= 11 is 6.41. The number of fused-ring (bicyclic) bond motifs is 3. The summed E-state index contributed by atoms with van der Waals surface area (Å²) in [5.74, 6) is -1.06. The van der Waals surface area contributed by atoms with Crippen LogP contribution in [-0.4, -0.2) is 67.5 Å². The zero-order valence-corrected chi connectivity index (χ0v) is 25.8. The summed E-state index contributed by atoms with van der Waals surface area (Å²) in [6, 6.07) is 16.9. The number of aryl methyl sites for hydroxylation is 1. The van der Waals surface area contributed by atoms with Gasteiger partial charge in [-0.1, -0.05) is 17.7 Å². The molecule has 2 amide bonds. The molecule has 43 heavy (non-hydrogen) atoms. The number of nitrogens with one attached hydrogen (secondary N) is 1. The first-order valence-corrected chi connectivity index (χ1v) is 15.7. The van der Waals surface area contributed by atoms with Crippen molar-refractivity contribution in [3.63, 3.8) is 0 Å². The largest absolute Gasteiger partial charge is 0.364 e. The molecule has 0 unspecified atom stereocenters. The number of amides is 2. The maximum atomic E-state index is 13.4. The molecule has 0 spiro atoms. The van der Waals surface area contributed by atoms with Crippen LogP contribution in [0.4, 0.5) is 11.4 Å². The van der Waals surface area contributed by atoms with Gasteiger partial charge in [0.1, 0.15) is 0 Å². The van der Waals surface area contributed by atoms with Crippen molar-refractivity contribution in [3.8, 4) is 16.9 Å². The number of nitrogens with two attached hydrogens (primary N) is 1. The van der Waals surface area contributed by atoms with Crippen molar-refractivity contribution in [3.05, 3.63) is 88.1 Å². The lowest BCUT2D eigenvalue weighted by Gasteiger charge is -2.20. The Balaban J connectivity index is 1.52. The fraction of sp³-hybridized carbons (Fsp3) is 0.226. The number of carbonyl (C=O) groups is 2. The summed E-state index contributed by atoms with van der Waals surface area (Å²) in [5, 5.41) is 7.76. The Hall–Kier alpha value is -4.32. The van der Waals surface area contributed by atoms with Gasteiger partial charge in [0.2, 0.25) is 0 Å². The standard InChI is InChI=1S/C31H31ClN6O4S/c1-18(17-37(2)3)34-20-8-14-27(32)26(16-20)31(40)35-21-7-5-19-6-13-24-28(30(33)39)36-38(29(24)25(19)15-21)22-9-11-23(12-10-22)43(4,41)42/h5,7-12,14-16H,6,13,17H2,1-4H3,(H2,33,39)(H,35,40). The fourth-order valence-electron chi connectivity index (χ4n) is 5.20. The van der Waals surface area contributed by atoms with E-state index in [4.69, 9.17) is 17.3 Å². The Kier molecular flexibility index (Phi) is 8.24. The number of carbonyl (C=O) groups excluding carboxylic acids is 2. The van der Waals surface area contributed by atoms with E-state index in [-0.39, 0.29) is 16.2 Å². The quantitative estimate of drug-likeness (QED) is 0.274. The first kappa shape index (κ1) is 30.1. The van der Waals surface area contributed by atoms with E-state index in [1.807, 2.05) is 44.1 Å². The third kappa shape index (κ3) is 6.38. The summed E-state index contributed by atoms with van der Waals surface area (Å²) in [6.45, 7) is 2.60. The predicted molar refractivity (Wildman–Crippen MR) is 169 cm³/mol. The van der Waals surface area contributed by atoms with Crippen molar-refractivity contribution in [2.45, 2.75) is 24.7 Å². The Morgan fingerprint density at radius 2 is 1.79 bits per heavy atom. The topological polar surface area (TPSA) is 140 Å². The molecule has 0 radical (unpaired) electrons. The Morgan fingerprint density at radius 3 is 2.44 bits per heavy atom. The van der Waals surface area contributed by atoms with Crippen LogP contribution in [0.15, 0.2) is 70.6 Å². The second-order valence-corrected chi connectivity index (χ2v) is 13.2. The second-order valence-electron chi connectivity index (χ2n) is 10.8. The third-order valence-corrected chi connectivity index (χ3v) is 8.51. The normalized spacial score (nSPS) is 13.0. The summed E-state index contributed by atoms with van der Waals surface area (Å²) in [6.07, 6.45) is 2.33. The highest BCUT2D eigenvalue weighted by molar-refractivity contribution is 7.90. The van der Waals surface area contributed by atoms with Crippen LogP contribution >= 0.6 is 11.6 Å². The number of aromatic nitrogens is 2. The number of nitrogens with zero attached hydrogens (tertiary/aromatic N) is 4. The number of benzene rings is 3. The minimum Gasteiger partial charge on any atom is -0.364 e. The smallest absolute Gasteiger partial charge is 0.269 e. The number of primary amides is 1. The van der Waals surface area contributed by atoms with E-state index in [9.17, 15) is 18.0 Å². The van der Waals surface area contributed by atoms with Crippen LogP contribution in [0, 0.1) is 0 Å². The molecule has 0 aliphatic heterocycles. The Bertz CT molecular complexity index is 1900. The highest BCUT2D eigenvalue weighted by Gasteiger charge is 2.28. The van der Waals surface area contributed by atoms with Gasteiger partial charge in [0.15, 0.2) is 15.5 Å². The van der Waals surface area contributed by atoms with Gasteiger partial charge in [-0.25, -0.2) is 13.1 Å². The van der Waals surface area contributed by atoms with Crippen LogP contribution in [0.2, 0.25) is 5.02 Å². The van der Waals surface area contributed by atoms with Gasteiger partial charge >= 0.3 is 0 Å². The van der Waals surface area contributed by atoms with Crippen LogP contribution < -0.4 is 11.1 Å². The van der Waals surface area contributed by atoms with E-state index in [0.717, 1.165) is 23.1 Å². The lowest BCUT2D eigenvalue weighted by atomic mass is 9.88. The molecule has 0 fully saturated rings. The molecule has 1 aliphatic rings. The minimum absolute atomic E-state index is 0.149. The molecule has 0 atom stereocenters. The lowest BCUT2D eigenvalue weighted by Crippen LogP contribution is -2.19. The molecule has 1 aromatic heterocycles. The average Bonchev–Trinajstić information content (AvgIpc) is 3.34. The molecule has 5 rings (SSSR count). The van der Waals surface area contributed by atoms with Crippen LogP contribution in [0.25, 0.3) is 16.9 Å². The highest BCUT2D eigenvalue weighted by atomic mass is 35.5. The Labute approximate surface area is 255 Å². The maximum Gasteiger partial charge on any atom is 0.269 e. The van der Waals surface area contributed by atoms with E-state index >= 15 is 0 Å². The number of anilines is 1. The average molecular weight is 619 g/mol. The molecule has 1 aliphatic carbocycles. The predicted octanol–water partition coefficient (Wildman–Crippen LogP) is 4.70. The zero-order valence-electron chi connectivity index (χ0n) is 24.2. The molecule has 0 bridgehead atoms. The van der Waals surface area contributed by atoms with Gasteiger partial charge < -0.3 is 16.0 Å². The van der Waals surface area contributed by atoms with E-state index in [1.165, 1.54) is 12.1 Å². The van der Waals surface area contributed by atoms with E-state index in [1.54, 1.807) is 35.0 Å². The van der Waals surface area contributed by atoms with Crippen LogP contribution in [0.3, 0.4) is 0 Å². The molecule has 4 aromatic rings. The summed E-state index contributed by atoms with van der Waals surface area (Å²) in [5.41, 5.74) is 11.8. The van der Waals surface area contributed by atoms with Gasteiger partial charge in [0, 0.05) is 35.3 Å². The minimum atomic E-state index is -3.40. The van der Waals surface area contributed by atoms with Gasteiger partial charge in [-0.3, -0.25) is 14.6 Å². The second kappa shape index (κ2) is 11.8. The summed E-state index contributed by atoms with van der Waals surface area (Å²) in [4.78, 5) is 32.5. The molecule has 3 aromatic carbocycles. The van der Waals surface area contributed by atoms with Crippen molar-refractivity contribution < 1.29 is 18.0 Å². The van der Waals surface area contributed by atoms with Crippen molar-refractivity contribution in [2.24, 2.45) is 10.7 Å². The zero-order chi connectivity index (χ0) is 31.1. The molecular formula is C31H31ClN6O4S. The van der Waals surface area contributed by atoms with E-state index < -0.39 is 21.7 Å². The molecule has 12 heteroatoms. The maximum absolute atomic E-state index is 13.4. The van der Waals surface area contributed by atoms with Gasteiger partial charge in [0.25, 0.3) is 11.8 Å². The number of aliphatic imine (C=N–C) groups is 1. The summed E-state index contributed by atoms with van der Waals surface area (Å²) < 4.78 is 25.6. The number of sulfone groups is 1. The van der Waals surface area contributed by atoms with Gasteiger partial charge in [-0.2, -0.15) is 5.10 Å². The molecule has 0 saturated carbocycles. The Morgan fingerprint density at radius 1 is 1.07 bits per heavy atom. The monoisotopic (exact) mass is 618 g/mol. The molecule has 222 valence electrons. The summed E-state index contributed by atoms with van der Waals surface area (Å²) in [7, 11) is 0.517. The van der Waals surface area contributed by atoms with Crippen molar-refractivity contribution in [1.82, 2.24) is 14.7 Å². The van der Waals surface area contributed by atoms with Crippen molar-refractivity contribution in [2.75, 3.05) is 32.2 Å². The van der Waals surface area contributed by atoms with E-state index in [2.05, 4.69) is 15.4 Å². The van der Waals surface area contributed by atoms with Gasteiger partial charge in [-0.05, 0) is 94.0 Å². The number of hydrogen-bond acceptors (Lipinski definition) is 7. The van der Waals surface area contributed by atoms with Crippen molar-refractivity contribution in [1.29, 1.82) is 0 Å². The molecular weight excluding hydrogens is 588 g/mol. The van der Waals surface area contributed by atoms with E-state index in [0.29, 0.717) is 52.7 Å². The first-order chi connectivity index (χ1) is 20.3. The lowest BCUT2D eigenvalue weighted by molar-refractivity contribution is 0.0992. The highest BCUT2D eigenvalue weighted by Crippen LogP contribution is 2.38. The van der Waals surface area contributed by atoms with Crippen LogP contribution in [0.5, 0.6) is 0 Å². The van der Waals surface area contributed by atoms with Crippen LogP contribution in [0.1, 0.15) is 38.9 Å². The van der Waals surface area contributed by atoms with Crippen LogP contribution in [-0.2, 0) is 22.7 Å². The van der Waals surface area contributed by atoms with Gasteiger partial charge in [0.05, 0.1) is 32.6 Å². The van der Waals surface area contributed by atoms with Crippen molar-refractivity contribution >= 4 is 50.3 Å². The molecule has 0 saturated heterocycles. The number of rotatable bonds is 8. The molecule has 10 nitrogen and oxygen atoms in total. The molecule has 1 heterocycles. The number of hydrogen-bond donors (Lipinski definition) is 2. The fourth-order valence-corrected chi connectivity index (χ4v) is 6.04. The van der Waals surface area contributed by atoms with Gasteiger partial charge in [-0.15, -0.1) is 0 Å².